The summed E-state index contributed by atoms with van der Waals surface area (Å²) < 4.78 is 14.3. The van der Waals surface area contributed by atoms with Crippen LogP contribution >= 0.6 is 11.6 Å². The number of phenols is 1. The molecule has 0 aliphatic carbocycles. The highest BCUT2D eigenvalue weighted by Crippen LogP contribution is 2.49. The minimum atomic E-state index is -1.14. The van der Waals surface area contributed by atoms with E-state index in [1.807, 2.05) is 6.07 Å². The third kappa shape index (κ3) is 3.92. The predicted octanol–water partition coefficient (Wildman–Crippen LogP) is 4.97. The van der Waals surface area contributed by atoms with Gasteiger partial charge >= 0.3 is 6.03 Å². The molecule has 3 aromatic rings. The maximum Gasteiger partial charge on any atom is 0.328 e. The van der Waals surface area contributed by atoms with Gasteiger partial charge in [-0.3, -0.25) is 14.6 Å². The second-order valence-electron chi connectivity index (χ2n) is 10.3. The highest BCUT2D eigenvalue weighted by atomic mass is 35.5. The molecule has 3 N–H and O–H groups in total. The Labute approximate surface area is 214 Å². The third-order valence-electron chi connectivity index (χ3n) is 7.18. The van der Waals surface area contributed by atoms with Crippen molar-refractivity contribution in [1.29, 1.82) is 0 Å². The number of benzene rings is 2. The number of carbonyl (C=O) groups is 2. The molecule has 2 atom stereocenters. The van der Waals surface area contributed by atoms with Crippen molar-refractivity contribution in [2.24, 2.45) is 5.92 Å². The third-order valence-corrected chi connectivity index (χ3v) is 7.47. The summed E-state index contributed by atoms with van der Waals surface area (Å²) in [6.07, 6.45) is 0.917. The van der Waals surface area contributed by atoms with Crippen LogP contribution in [0.3, 0.4) is 0 Å². The van der Waals surface area contributed by atoms with Gasteiger partial charge < -0.3 is 15.4 Å². The lowest BCUT2D eigenvalue weighted by atomic mass is 9.81. The molecule has 2 unspecified atom stereocenters. The van der Waals surface area contributed by atoms with Crippen LogP contribution in [-0.4, -0.2) is 57.0 Å². The molecule has 9 heteroatoms. The molecule has 2 aliphatic rings. The average molecular weight is 513 g/mol. The van der Waals surface area contributed by atoms with Crippen LogP contribution in [0.25, 0.3) is 10.9 Å². The van der Waals surface area contributed by atoms with Gasteiger partial charge in [-0.1, -0.05) is 37.6 Å². The van der Waals surface area contributed by atoms with Gasteiger partial charge in [-0.25, -0.2) is 9.18 Å². The highest BCUT2D eigenvalue weighted by Gasteiger charge is 2.60. The van der Waals surface area contributed by atoms with Crippen molar-refractivity contribution >= 4 is 34.4 Å². The summed E-state index contributed by atoms with van der Waals surface area (Å²) in [6.45, 7) is 7.92. The number of carbonyl (C=O) groups excluding carboxylic acids is 2. The monoisotopic (exact) mass is 512 g/mol. The number of nitrogens with zero attached hydrogens (tertiary/aromatic N) is 2. The predicted molar refractivity (Wildman–Crippen MR) is 137 cm³/mol. The van der Waals surface area contributed by atoms with E-state index in [1.54, 1.807) is 36.1 Å². The van der Waals surface area contributed by atoms with Gasteiger partial charge in [0.2, 0.25) is 0 Å². The van der Waals surface area contributed by atoms with E-state index in [9.17, 15) is 19.1 Å². The topological polar surface area (TPSA) is 88.7 Å². The number of urea groups is 1. The smallest absolute Gasteiger partial charge is 0.328 e. The van der Waals surface area contributed by atoms with Crippen LogP contribution in [0.1, 0.15) is 50.1 Å². The molecule has 1 aromatic heterocycles. The molecule has 2 aliphatic heterocycles. The summed E-state index contributed by atoms with van der Waals surface area (Å²) in [5, 5.41) is 14.3. The number of hydrogen-bond acceptors (Lipinski definition) is 4. The summed E-state index contributed by atoms with van der Waals surface area (Å²) >= 11 is 6.12. The van der Waals surface area contributed by atoms with Crippen LogP contribution in [-0.2, 0) is 11.2 Å². The number of imide groups is 1. The van der Waals surface area contributed by atoms with Crippen molar-refractivity contribution in [2.45, 2.75) is 45.2 Å². The zero-order chi connectivity index (χ0) is 25.8. The molecule has 0 saturated carbocycles. The Morgan fingerprint density at radius 1 is 1.28 bits per heavy atom. The normalized spacial score (nSPS) is 21.6. The van der Waals surface area contributed by atoms with Crippen LogP contribution in [0.2, 0.25) is 5.02 Å². The van der Waals surface area contributed by atoms with Crippen LogP contribution in [0, 0.1) is 11.7 Å². The summed E-state index contributed by atoms with van der Waals surface area (Å²) in [6, 6.07) is 8.54. The fourth-order valence-corrected chi connectivity index (χ4v) is 5.67. The maximum absolute atomic E-state index is 14.3. The van der Waals surface area contributed by atoms with E-state index < -0.39 is 17.4 Å². The van der Waals surface area contributed by atoms with E-state index in [4.69, 9.17) is 11.6 Å². The first kappa shape index (κ1) is 24.6. The maximum atomic E-state index is 14.3. The zero-order valence-corrected chi connectivity index (χ0v) is 21.3. The lowest BCUT2D eigenvalue weighted by Crippen LogP contribution is -2.53. The second kappa shape index (κ2) is 9.09. The first-order valence-corrected chi connectivity index (χ1v) is 12.6. The standard InChI is InChI=1S/C27H30ClFN4O3/c1-15(2)14-30-8-5-9-32-25(35)27(3)13-19-18-11-20(28)21(29)12-22(18)31-23(19)24(33(27)26(32)36)16-6-4-7-17(34)10-16/h4,6-7,10-12,15,24,30-31,34H,5,8-9,13-14H2,1-3H3. The van der Waals surface area contributed by atoms with Gasteiger partial charge in [0.1, 0.15) is 23.1 Å². The number of halogens is 2. The fraction of sp³-hybridized carbons (Fsp3) is 0.407. The van der Waals surface area contributed by atoms with E-state index in [0.29, 0.717) is 42.2 Å². The number of phenolic OH excluding ortho intramolecular Hbond substituents is 1. The lowest BCUT2D eigenvalue weighted by Gasteiger charge is -2.42. The SMILES string of the molecule is CC(C)CNCCCN1C(=O)N2C(c3cccc(O)c3)c3[nH]c4cc(F)c(Cl)cc4c3CC2(C)C1=O. The van der Waals surface area contributed by atoms with Crippen LogP contribution < -0.4 is 5.32 Å². The molecule has 3 heterocycles. The molecule has 7 nitrogen and oxygen atoms in total. The van der Waals surface area contributed by atoms with Gasteiger partial charge in [0.05, 0.1) is 5.02 Å². The van der Waals surface area contributed by atoms with Gasteiger partial charge in [0.15, 0.2) is 0 Å². The van der Waals surface area contributed by atoms with Gasteiger partial charge in [-0.15, -0.1) is 0 Å². The summed E-state index contributed by atoms with van der Waals surface area (Å²) in [7, 11) is 0. The molecule has 0 radical (unpaired) electrons. The van der Waals surface area contributed by atoms with Crippen molar-refractivity contribution in [3.63, 3.8) is 0 Å². The van der Waals surface area contributed by atoms with E-state index in [0.717, 1.165) is 17.5 Å². The molecule has 0 spiro atoms. The number of aromatic hydroxyl groups is 1. The number of hydrogen-bond donors (Lipinski definition) is 3. The number of fused-ring (bicyclic) bond motifs is 4. The number of amides is 3. The molecular weight excluding hydrogens is 483 g/mol. The lowest BCUT2D eigenvalue weighted by molar-refractivity contribution is -0.133. The van der Waals surface area contributed by atoms with Gasteiger partial charge in [-0.05, 0) is 67.7 Å². The van der Waals surface area contributed by atoms with Gasteiger partial charge in [0, 0.05) is 29.6 Å². The molecule has 190 valence electrons. The molecular formula is C27H30ClFN4O3. The van der Waals surface area contributed by atoms with Crippen molar-refractivity contribution in [2.75, 3.05) is 19.6 Å². The molecule has 36 heavy (non-hydrogen) atoms. The number of rotatable bonds is 7. The summed E-state index contributed by atoms with van der Waals surface area (Å²) in [5.41, 5.74) is 1.57. The molecule has 2 aromatic carbocycles. The molecule has 3 amide bonds. The Bertz CT molecular complexity index is 1360. The number of H-pyrrole nitrogens is 1. The van der Waals surface area contributed by atoms with Gasteiger partial charge in [-0.2, -0.15) is 0 Å². The van der Waals surface area contributed by atoms with Crippen molar-refractivity contribution in [1.82, 2.24) is 20.1 Å². The largest absolute Gasteiger partial charge is 0.508 e. The van der Waals surface area contributed by atoms with Gasteiger partial charge in [0.25, 0.3) is 5.91 Å². The second-order valence-corrected chi connectivity index (χ2v) is 10.7. The molecule has 0 bridgehead atoms. The van der Waals surface area contributed by atoms with Crippen molar-refractivity contribution in [3.8, 4) is 5.75 Å². The van der Waals surface area contributed by atoms with Crippen molar-refractivity contribution < 1.29 is 19.1 Å². The van der Waals surface area contributed by atoms with E-state index in [2.05, 4.69) is 24.1 Å². The van der Waals surface area contributed by atoms with Crippen LogP contribution in [0.4, 0.5) is 9.18 Å². The van der Waals surface area contributed by atoms with Crippen LogP contribution in [0.5, 0.6) is 5.75 Å². The Hall–Kier alpha value is -3.10. The number of aromatic nitrogens is 1. The van der Waals surface area contributed by atoms with E-state index >= 15 is 0 Å². The Morgan fingerprint density at radius 3 is 2.78 bits per heavy atom. The van der Waals surface area contributed by atoms with Crippen LogP contribution in [0.15, 0.2) is 36.4 Å². The zero-order valence-electron chi connectivity index (χ0n) is 20.6. The first-order chi connectivity index (χ1) is 17.1. The summed E-state index contributed by atoms with van der Waals surface area (Å²) in [5.74, 6) is -0.234. The quantitative estimate of drug-likeness (QED) is 0.308. The Kier molecular flexibility index (Phi) is 6.21. The van der Waals surface area contributed by atoms with E-state index in [1.165, 1.54) is 11.0 Å². The van der Waals surface area contributed by atoms with Crippen molar-refractivity contribution in [3.05, 3.63) is 64.1 Å². The molecule has 5 rings (SSSR count). The van der Waals surface area contributed by atoms with E-state index in [-0.39, 0.29) is 29.1 Å². The minimum absolute atomic E-state index is 0.00450. The highest BCUT2D eigenvalue weighted by molar-refractivity contribution is 6.31. The minimum Gasteiger partial charge on any atom is -0.508 e. The summed E-state index contributed by atoms with van der Waals surface area (Å²) in [4.78, 5) is 33.8. The first-order valence-electron chi connectivity index (χ1n) is 12.3. The Balaban J connectivity index is 1.57. The molecule has 1 saturated heterocycles. The Morgan fingerprint density at radius 2 is 2.06 bits per heavy atom. The average Bonchev–Trinajstić information content (AvgIpc) is 3.24. The molecule has 1 fully saturated rings. The number of nitrogens with one attached hydrogen (secondary N) is 2. The fourth-order valence-electron chi connectivity index (χ4n) is 5.50. The number of aromatic amines is 1.